The van der Waals surface area contributed by atoms with Crippen LogP contribution in [-0.2, 0) is 4.74 Å². The molecular weight excluding hydrogens is 312 g/mol. The van der Waals surface area contributed by atoms with E-state index in [1.807, 2.05) is 42.2 Å². The zero-order chi connectivity index (χ0) is 17.2. The Morgan fingerprint density at radius 2 is 1.76 bits per heavy atom. The van der Waals surface area contributed by atoms with Crippen molar-refractivity contribution in [2.75, 3.05) is 32.8 Å². The quantitative estimate of drug-likeness (QED) is 0.845. The Balaban J connectivity index is 1.48. The molecule has 0 unspecified atom stereocenters. The fourth-order valence-electron chi connectivity index (χ4n) is 3.87. The summed E-state index contributed by atoms with van der Waals surface area (Å²) >= 11 is 0. The van der Waals surface area contributed by atoms with Crippen LogP contribution in [0.2, 0.25) is 0 Å². The number of benzene rings is 2. The molecule has 2 saturated heterocycles. The fraction of sp³-hybridized carbons (Fsp3) is 0.381. The van der Waals surface area contributed by atoms with Gasteiger partial charge in [-0.15, -0.1) is 0 Å². The van der Waals surface area contributed by atoms with Gasteiger partial charge in [0.2, 0.25) is 0 Å². The molecular formula is C21H24N2O2. The Kier molecular flexibility index (Phi) is 4.55. The minimum atomic E-state index is 0.126. The third-order valence-corrected chi connectivity index (χ3v) is 5.28. The Hall–Kier alpha value is -2.17. The SMILES string of the molecule is Cc1ccc(C(=O)N2CCN3[C@@H](COC[C@@H]3c3ccccc3)C2)cc1. The van der Waals surface area contributed by atoms with Crippen LogP contribution >= 0.6 is 0 Å². The first-order chi connectivity index (χ1) is 12.2. The number of carbonyl (C=O) groups is 1. The summed E-state index contributed by atoms with van der Waals surface area (Å²) in [4.78, 5) is 17.3. The van der Waals surface area contributed by atoms with E-state index in [0.29, 0.717) is 6.61 Å². The van der Waals surface area contributed by atoms with Crippen LogP contribution in [0.1, 0.15) is 27.5 Å². The van der Waals surface area contributed by atoms with Gasteiger partial charge in [0.25, 0.3) is 5.91 Å². The first-order valence-corrected chi connectivity index (χ1v) is 8.97. The number of morpholine rings is 1. The van der Waals surface area contributed by atoms with Crippen molar-refractivity contribution in [3.63, 3.8) is 0 Å². The second kappa shape index (κ2) is 6.98. The molecule has 2 aromatic rings. The maximum absolute atomic E-state index is 12.8. The van der Waals surface area contributed by atoms with Gasteiger partial charge in [-0.3, -0.25) is 9.69 Å². The predicted octanol–water partition coefficient (Wildman–Crippen LogP) is 2.89. The Bertz CT molecular complexity index is 729. The fourth-order valence-corrected chi connectivity index (χ4v) is 3.87. The van der Waals surface area contributed by atoms with Gasteiger partial charge < -0.3 is 9.64 Å². The van der Waals surface area contributed by atoms with Crippen molar-refractivity contribution >= 4 is 5.91 Å². The molecule has 0 aliphatic carbocycles. The van der Waals surface area contributed by atoms with Gasteiger partial charge in [-0.1, -0.05) is 48.0 Å². The molecule has 2 aromatic carbocycles. The highest BCUT2D eigenvalue weighted by atomic mass is 16.5. The third-order valence-electron chi connectivity index (χ3n) is 5.28. The van der Waals surface area contributed by atoms with Crippen LogP contribution in [-0.4, -0.2) is 54.6 Å². The zero-order valence-corrected chi connectivity index (χ0v) is 14.6. The van der Waals surface area contributed by atoms with Crippen LogP contribution in [0, 0.1) is 6.92 Å². The molecule has 2 fully saturated rings. The topological polar surface area (TPSA) is 32.8 Å². The lowest BCUT2D eigenvalue weighted by Gasteiger charge is -2.48. The maximum atomic E-state index is 12.8. The molecule has 4 nitrogen and oxygen atoms in total. The van der Waals surface area contributed by atoms with Gasteiger partial charge in [0.05, 0.1) is 25.3 Å². The molecule has 0 radical (unpaired) electrons. The molecule has 2 atom stereocenters. The lowest BCUT2D eigenvalue weighted by Crippen LogP contribution is -2.60. The van der Waals surface area contributed by atoms with Crippen LogP contribution in [0.25, 0.3) is 0 Å². The minimum Gasteiger partial charge on any atom is -0.378 e. The second-order valence-electron chi connectivity index (χ2n) is 6.97. The summed E-state index contributed by atoms with van der Waals surface area (Å²) in [6, 6.07) is 18.9. The molecule has 0 bridgehead atoms. The van der Waals surface area contributed by atoms with Gasteiger partial charge in [0, 0.05) is 25.2 Å². The molecule has 2 aliphatic heterocycles. The maximum Gasteiger partial charge on any atom is 0.253 e. The monoisotopic (exact) mass is 336 g/mol. The smallest absolute Gasteiger partial charge is 0.253 e. The van der Waals surface area contributed by atoms with E-state index in [2.05, 4.69) is 29.2 Å². The van der Waals surface area contributed by atoms with Crippen LogP contribution in [0.5, 0.6) is 0 Å². The second-order valence-corrected chi connectivity index (χ2v) is 6.97. The van der Waals surface area contributed by atoms with Gasteiger partial charge in [-0.05, 0) is 24.6 Å². The van der Waals surface area contributed by atoms with Crippen molar-refractivity contribution in [2.24, 2.45) is 0 Å². The highest BCUT2D eigenvalue weighted by Crippen LogP contribution is 2.29. The van der Waals surface area contributed by atoms with Gasteiger partial charge >= 0.3 is 0 Å². The lowest BCUT2D eigenvalue weighted by molar-refractivity contribution is -0.0770. The summed E-state index contributed by atoms with van der Waals surface area (Å²) in [6.45, 7) is 5.86. The van der Waals surface area contributed by atoms with E-state index in [4.69, 9.17) is 4.74 Å². The Morgan fingerprint density at radius 1 is 1.00 bits per heavy atom. The molecule has 0 spiro atoms. The van der Waals surface area contributed by atoms with Crippen LogP contribution < -0.4 is 0 Å². The largest absolute Gasteiger partial charge is 0.378 e. The van der Waals surface area contributed by atoms with Gasteiger partial charge in [0.15, 0.2) is 0 Å². The highest BCUT2D eigenvalue weighted by Gasteiger charge is 2.37. The van der Waals surface area contributed by atoms with E-state index >= 15 is 0 Å². The van der Waals surface area contributed by atoms with Crippen molar-refractivity contribution in [1.82, 2.24) is 9.80 Å². The minimum absolute atomic E-state index is 0.126. The van der Waals surface area contributed by atoms with Gasteiger partial charge in [-0.2, -0.15) is 0 Å². The first-order valence-electron chi connectivity index (χ1n) is 8.97. The number of ether oxygens (including phenoxy) is 1. The number of hydrogen-bond donors (Lipinski definition) is 0. The van der Waals surface area contributed by atoms with Gasteiger partial charge in [-0.25, -0.2) is 0 Å². The highest BCUT2D eigenvalue weighted by molar-refractivity contribution is 5.94. The molecule has 130 valence electrons. The summed E-state index contributed by atoms with van der Waals surface area (Å²) in [5, 5.41) is 0. The van der Waals surface area contributed by atoms with E-state index in [1.54, 1.807) is 0 Å². The summed E-state index contributed by atoms with van der Waals surface area (Å²) < 4.78 is 5.88. The number of rotatable bonds is 2. The number of amides is 1. The molecule has 1 amide bonds. The molecule has 2 heterocycles. The summed E-state index contributed by atoms with van der Waals surface area (Å²) in [7, 11) is 0. The van der Waals surface area contributed by atoms with E-state index in [9.17, 15) is 4.79 Å². The van der Waals surface area contributed by atoms with Crippen molar-refractivity contribution in [3.05, 3.63) is 71.3 Å². The molecule has 0 N–H and O–H groups in total. The molecule has 2 aliphatic rings. The molecule has 25 heavy (non-hydrogen) atoms. The molecule has 4 rings (SSSR count). The number of piperazine rings is 1. The van der Waals surface area contributed by atoms with Crippen LogP contribution in [0.15, 0.2) is 54.6 Å². The van der Waals surface area contributed by atoms with Crippen LogP contribution in [0.3, 0.4) is 0 Å². The van der Waals surface area contributed by atoms with E-state index in [0.717, 1.165) is 31.8 Å². The zero-order valence-electron chi connectivity index (χ0n) is 14.6. The summed E-state index contributed by atoms with van der Waals surface area (Å²) in [6.07, 6.45) is 0. The molecule has 4 heteroatoms. The lowest BCUT2D eigenvalue weighted by atomic mass is 10.00. The number of carbonyl (C=O) groups excluding carboxylic acids is 1. The molecule has 0 aromatic heterocycles. The Labute approximate surface area is 149 Å². The van der Waals surface area contributed by atoms with Crippen molar-refractivity contribution < 1.29 is 9.53 Å². The van der Waals surface area contributed by atoms with E-state index in [1.165, 1.54) is 11.1 Å². The predicted molar refractivity (Wildman–Crippen MR) is 97.6 cm³/mol. The number of hydrogen-bond acceptors (Lipinski definition) is 3. The van der Waals surface area contributed by atoms with Crippen molar-refractivity contribution in [3.8, 4) is 0 Å². The number of aryl methyl sites for hydroxylation is 1. The number of nitrogens with zero attached hydrogens (tertiary/aromatic N) is 2. The van der Waals surface area contributed by atoms with Crippen LogP contribution in [0.4, 0.5) is 0 Å². The third kappa shape index (κ3) is 3.32. The van der Waals surface area contributed by atoms with Crippen molar-refractivity contribution in [2.45, 2.75) is 19.0 Å². The number of fused-ring (bicyclic) bond motifs is 1. The van der Waals surface area contributed by atoms with Gasteiger partial charge in [0.1, 0.15) is 0 Å². The van der Waals surface area contributed by atoms with Crippen molar-refractivity contribution in [1.29, 1.82) is 0 Å². The first kappa shape index (κ1) is 16.3. The van der Waals surface area contributed by atoms with E-state index < -0.39 is 0 Å². The average Bonchev–Trinajstić information content (AvgIpc) is 2.68. The Morgan fingerprint density at radius 3 is 2.52 bits per heavy atom. The molecule has 0 saturated carbocycles. The normalized spacial score (nSPS) is 24.0. The summed E-state index contributed by atoms with van der Waals surface area (Å²) in [5.41, 5.74) is 3.24. The van der Waals surface area contributed by atoms with E-state index in [-0.39, 0.29) is 18.0 Å². The standard InChI is InChI=1S/C21H24N2O2/c1-16-7-9-18(10-8-16)21(24)22-11-12-23-19(13-22)14-25-15-20(23)17-5-3-2-4-6-17/h2-10,19-20H,11-15H2,1H3/t19-,20-/m1/s1. The average molecular weight is 336 g/mol. The summed E-state index contributed by atoms with van der Waals surface area (Å²) in [5.74, 6) is 0.126.